The lowest BCUT2D eigenvalue weighted by Gasteiger charge is -2.23. The molecule has 3 nitrogen and oxygen atoms in total. The summed E-state index contributed by atoms with van der Waals surface area (Å²) in [5, 5.41) is 6.56. The summed E-state index contributed by atoms with van der Waals surface area (Å²) < 4.78 is 0. The normalized spacial score (nSPS) is 16.9. The van der Waals surface area contributed by atoms with Crippen molar-refractivity contribution in [3.05, 3.63) is 71.8 Å². The van der Waals surface area contributed by atoms with Crippen LogP contribution in [0, 0.1) is 0 Å². The van der Waals surface area contributed by atoms with Gasteiger partial charge >= 0.3 is 0 Å². The van der Waals surface area contributed by atoms with Crippen molar-refractivity contribution in [1.82, 2.24) is 10.6 Å². The van der Waals surface area contributed by atoms with Gasteiger partial charge in [-0.15, -0.1) is 12.4 Å². The molecular weight excluding hydrogens is 352 g/mol. The average Bonchev–Trinajstić information content (AvgIpc) is 2.64. The number of thioether (sulfide) groups is 1. The number of halogens is 1. The Bertz CT molecular complexity index is 593. The van der Waals surface area contributed by atoms with E-state index in [0.29, 0.717) is 19.0 Å². The molecule has 2 aromatic carbocycles. The molecule has 2 aromatic rings. The summed E-state index contributed by atoms with van der Waals surface area (Å²) in [6.45, 7) is 1.63. The first-order valence-electron chi connectivity index (χ1n) is 8.50. The van der Waals surface area contributed by atoms with Crippen molar-refractivity contribution in [2.75, 3.05) is 24.6 Å². The van der Waals surface area contributed by atoms with Crippen LogP contribution in [-0.2, 0) is 4.79 Å². The van der Waals surface area contributed by atoms with E-state index in [4.69, 9.17) is 0 Å². The number of nitrogens with one attached hydrogen (secondary N) is 2. The summed E-state index contributed by atoms with van der Waals surface area (Å²) in [4.78, 5) is 12.3. The zero-order valence-corrected chi connectivity index (χ0v) is 15.8. The van der Waals surface area contributed by atoms with E-state index in [1.54, 1.807) is 0 Å². The van der Waals surface area contributed by atoms with Gasteiger partial charge < -0.3 is 10.6 Å². The minimum absolute atomic E-state index is 0. The van der Waals surface area contributed by atoms with Gasteiger partial charge in [0.05, 0.1) is 0 Å². The smallest absolute Gasteiger partial charge is 0.221 e. The third-order valence-corrected chi connectivity index (χ3v) is 5.47. The lowest BCUT2D eigenvalue weighted by Crippen LogP contribution is -2.42. The lowest BCUT2D eigenvalue weighted by atomic mass is 9.91. The van der Waals surface area contributed by atoms with Gasteiger partial charge in [-0.3, -0.25) is 4.79 Å². The van der Waals surface area contributed by atoms with Gasteiger partial charge in [-0.05, 0) is 11.1 Å². The molecule has 0 saturated carbocycles. The van der Waals surface area contributed by atoms with Crippen molar-refractivity contribution >= 4 is 30.1 Å². The molecular formula is C20H25ClN2OS. The van der Waals surface area contributed by atoms with Gasteiger partial charge in [0, 0.05) is 43.0 Å². The predicted molar refractivity (Wildman–Crippen MR) is 109 cm³/mol. The average molecular weight is 377 g/mol. The Hall–Kier alpha value is -1.49. The summed E-state index contributed by atoms with van der Waals surface area (Å²) >= 11 is 1.92. The number of benzene rings is 2. The second kappa shape index (κ2) is 10.5. The fraction of sp³-hybridized carbons (Fsp3) is 0.350. The largest absolute Gasteiger partial charge is 0.355 e. The van der Waals surface area contributed by atoms with E-state index in [0.717, 1.165) is 18.1 Å². The van der Waals surface area contributed by atoms with Crippen molar-refractivity contribution in [2.24, 2.45) is 0 Å². The Morgan fingerprint density at radius 3 is 2.20 bits per heavy atom. The fourth-order valence-electron chi connectivity index (χ4n) is 3.06. The van der Waals surface area contributed by atoms with E-state index in [2.05, 4.69) is 59.2 Å². The van der Waals surface area contributed by atoms with Crippen LogP contribution < -0.4 is 10.6 Å². The monoisotopic (exact) mass is 376 g/mol. The van der Waals surface area contributed by atoms with Crippen LogP contribution in [0.15, 0.2) is 60.7 Å². The van der Waals surface area contributed by atoms with E-state index in [9.17, 15) is 4.79 Å². The van der Waals surface area contributed by atoms with Crippen molar-refractivity contribution in [3.8, 4) is 0 Å². The van der Waals surface area contributed by atoms with Crippen molar-refractivity contribution in [2.45, 2.75) is 18.4 Å². The molecule has 0 aromatic heterocycles. The van der Waals surface area contributed by atoms with Gasteiger partial charge in [0.2, 0.25) is 5.91 Å². The molecule has 3 rings (SSSR count). The Labute approximate surface area is 160 Å². The Balaban J connectivity index is 0.00000225. The van der Waals surface area contributed by atoms with Crippen LogP contribution in [0.25, 0.3) is 0 Å². The molecule has 1 amide bonds. The number of hydrogen-bond donors (Lipinski definition) is 2. The molecule has 1 aliphatic rings. The first kappa shape index (κ1) is 19.8. The van der Waals surface area contributed by atoms with Crippen molar-refractivity contribution in [3.63, 3.8) is 0 Å². The van der Waals surface area contributed by atoms with Crippen LogP contribution >= 0.6 is 24.2 Å². The first-order chi connectivity index (χ1) is 11.8. The van der Waals surface area contributed by atoms with E-state index >= 15 is 0 Å². The maximum Gasteiger partial charge on any atom is 0.221 e. The standard InChI is InChI=1S/C20H24N2OS.ClH/c23-20(13-18-15-24-12-11-21-18)22-14-19(16-7-3-1-4-8-16)17-9-5-2-6-10-17;/h1-10,18-19,21H,11-15H2,(H,22,23);1H. The second-order valence-electron chi connectivity index (χ2n) is 6.11. The number of carbonyl (C=O) groups is 1. The number of amides is 1. The molecule has 0 aliphatic carbocycles. The molecule has 134 valence electrons. The van der Waals surface area contributed by atoms with Crippen LogP contribution in [-0.4, -0.2) is 36.5 Å². The summed E-state index contributed by atoms with van der Waals surface area (Å²) in [6, 6.07) is 21.1. The Morgan fingerprint density at radius 1 is 1.08 bits per heavy atom. The highest BCUT2D eigenvalue weighted by Crippen LogP contribution is 2.23. The second-order valence-corrected chi connectivity index (χ2v) is 7.26. The first-order valence-corrected chi connectivity index (χ1v) is 9.66. The number of carbonyl (C=O) groups excluding carboxylic acids is 1. The molecule has 25 heavy (non-hydrogen) atoms. The lowest BCUT2D eigenvalue weighted by molar-refractivity contribution is -0.121. The molecule has 5 heteroatoms. The third-order valence-electron chi connectivity index (χ3n) is 4.34. The highest BCUT2D eigenvalue weighted by Gasteiger charge is 2.19. The molecule has 0 bridgehead atoms. The van der Waals surface area contributed by atoms with Crippen LogP contribution in [0.3, 0.4) is 0 Å². The summed E-state index contributed by atoms with van der Waals surface area (Å²) in [5.74, 6) is 2.48. The third kappa shape index (κ3) is 6.07. The highest BCUT2D eigenvalue weighted by molar-refractivity contribution is 7.99. The van der Waals surface area contributed by atoms with E-state index in [-0.39, 0.29) is 24.2 Å². The van der Waals surface area contributed by atoms with Gasteiger partial charge in [0.25, 0.3) is 0 Å². The summed E-state index contributed by atoms with van der Waals surface area (Å²) in [7, 11) is 0. The van der Waals surface area contributed by atoms with Gasteiger partial charge in [-0.25, -0.2) is 0 Å². The van der Waals surface area contributed by atoms with Crippen molar-refractivity contribution < 1.29 is 4.79 Å². The maximum absolute atomic E-state index is 12.3. The topological polar surface area (TPSA) is 41.1 Å². The zero-order chi connectivity index (χ0) is 16.6. The van der Waals surface area contributed by atoms with Crippen LogP contribution in [0.2, 0.25) is 0 Å². The summed E-state index contributed by atoms with van der Waals surface area (Å²) in [5.41, 5.74) is 2.46. The van der Waals surface area contributed by atoms with E-state index in [1.165, 1.54) is 11.1 Å². The molecule has 1 unspecified atom stereocenters. The summed E-state index contributed by atoms with van der Waals surface area (Å²) in [6.07, 6.45) is 0.559. The number of hydrogen-bond acceptors (Lipinski definition) is 3. The highest BCUT2D eigenvalue weighted by atomic mass is 35.5. The van der Waals surface area contributed by atoms with Crippen molar-refractivity contribution in [1.29, 1.82) is 0 Å². The van der Waals surface area contributed by atoms with Crippen LogP contribution in [0.4, 0.5) is 0 Å². The Morgan fingerprint density at radius 2 is 1.68 bits per heavy atom. The molecule has 2 N–H and O–H groups in total. The van der Waals surface area contributed by atoms with Gasteiger partial charge in [-0.1, -0.05) is 60.7 Å². The fourth-order valence-corrected chi connectivity index (χ4v) is 4.01. The molecule has 0 spiro atoms. The molecule has 1 saturated heterocycles. The maximum atomic E-state index is 12.3. The molecule has 0 radical (unpaired) electrons. The minimum Gasteiger partial charge on any atom is -0.355 e. The van der Waals surface area contributed by atoms with Crippen LogP contribution in [0.5, 0.6) is 0 Å². The van der Waals surface area contributed by atoms with Gasteiger partial charge in [-0.2, -0.15) is 11.8 Å². The van der Waals surface area contributed by atoms with Crippen LogP contribution in [0.1, 0.15) is 23.5 Å². The number of rotatable bonds is 6. The molecule has 1 aliphatic heterocycles. The predicted octanol–water partition coefficient (Wildman–Crippen LogP) is 3.45. The Kier molecular flexibility index (Phi) is 8.32. The zero-order valence-electron chi connectivity index (χ0n) is 14.2. The molecule has 1 atom stereocenters. The SMILES string of the molecule is Cl.O=C(CC1CSCCN1)NCC(c1ccccc1)c1ccccc1. The van der Waals surface area contributed by atoms with Gasteiger partial charge in [0.15, 0.2) is 0 Å². The van der Waals surface area contributed by atoms with E-state index in [1.807, 2.05) is 23.9 Å². The molecule has 1 fully saturated rings. The molecule has 1 heterocycles. The van der Waals surface area contributed by atoms with E-state index < -0.39 is 0 Å². The quantitative estimate of drug-likeness (QED) is 0.811. The minimum atomic E-state index is 0. The van der Waals surface area contributed by atoms with Gasteiger partial charge in [0.1, 0.15) is 0 Å².